The van der Waals surface area contributed by atoms with Crippen LogP contribution in [0, 0.1) is 20.8 Å². The van der Waals surface area contributed by atoms with Crippen molar-refractivity contribution in [3.8, 4) is 5.69 Å². The van der Waals surface area contributed by atoms with E-state index in [-0.39, 0.29) is 5.91 Å². The predicted octanol–water partition coefficient (Wildman–Crippen LogP) is 5.25. The summed E-state index contributed by atoms with van der Waals surface area (Å²) in [4.78, 5) is 17.4. The minimum atomic E-state index is -0.292. The molecule has 0 aliphatic rings. The van der Waals surface area contributed by atoms with Crippen molar-refractivity contribution in [2.75, 3.05) is 5.32 Å². The molecule has 0 saturated heterocycles. The van der Waals surface area contributed by atoms with Crippen LogP contribution in [0.4, 0.5) is 5.69 Å². The molecular weight excluding hydrogens is 372 g/mol. The minimum absolute atomic E-state index is 0.292. The summed E-state index contributed by atoms with van der Waals surface area (Å²) in [6, 6.07) is 15.5. The average molecular weight is 391 g/mol. The molecule has 2 aromatic carbocycles. The van der Waals surface area contributed by atoms with Crippen LogP contribution in [0.25, 0.3) is 16.7 Å². The molecule has 5 nitrogen and oxygen atoms in total. The van der Waals surface area contributed by atoms with Gasteiger partial charge in [0.2, 0.25) is 0 Å². The Balaban J connectivity index is 1.77. The topological polar surface area (TPSA) is 59.8 Å². The van der Waals surface area contributed by atoms with Gasteiger partial charge in [0.1, 0.15) is 0 Å². The summed E-state index contributed by atoms with van der Waals surface area (Å²) in [5, 5.41) is 8.54. The third-order valence-electron chi connectivity index (χ3n) is 4.91. The number of anilines is 1. The summed E-state index contributed by atoms with van der Waals surface area (Å²) >= 11 is 6.63. The number of aryl methyl sites for hydroxylation is 2. The van der Waals surface area contributed by atoms with Gasteiger partial charge in [0, 0.05) is 11.9 Å². The number of rotatable bonds is 3. The molecule has 0 fully saturated rings. The highest BCUT2D eigenvalue weighted by Gasteiger charge is 2.20. The Bertz CT molecular complexity index is 1200. The maximum absolute atomic E-state index is 12.9. The molecule has 140 valence electrons. The van der Waals surface area contributed by atoms with E-state index in [9.17, 15) is 4.79 Å². The number of halogens is 1. The SMILES string of the molecule is Cc1cccc(NC(=O)c2cnc3c(c(C)nn3-c3ccccc3)c2Cl)c1C. The molecule has 4 rings (SSSR count). The molecule has 28 heavy (non-hydrogen) atoms. The lowest BCUT2D eigenvalue weighted by molar-refractivity contribution is 0.102. The molecular formula is C22H19ClN4O. The van der Waals surface area contributed by atoms with Crippen molar-refractivity contribution in [1.82, 2.24) is 14.8 Å². The van der Waals surface area contributed by atoms with E-state index < -0.39 is 0 Å². The molecule has 0 aliphatic carbocycles. The van der Waals surface area contributed by atoms with E-state index in [1.165, 1.54) is 6.20 Å². The third kappa shape index (κ3) is 3.04. The lowest BCUT2D eigenvalue weighted by atomic mass is 10.1. The van der Waals surface area contributed by atoms with Crippen molar-refractivity contribution >= 4 is 34.2 Å². The smallest absolute Gasteiger partial charge is 0.258 e. The second-order valence-corrected chi connectivity index (χ2v) is 7.10. The van der Waals surface area contributed by atoms with Crippen molar-refractivity contribution in [3.63, 3.8) is 0 Å². The maximum atomic E-state index is 12.9. The monoisotopic (exact) mass is 390 g/mol. The Morgan fingerprint density at radius 2 is 1.79 bits per heavy atom. The van der Waals surface area contributed by atoms with Crippen LogP contribution in [0.1, 0.15) is 27.2 Å². The first-order chi connectivity index (χ1) is 13.5. The van der Waals surface area contributed by atoms with Gasteiger partial charge in [0.15, 0.2) is 5.65 Å². The first-order valence-corrected chi connectivity index (χ1v) is 9.32. The number of para-hydroxylation sites is 1. The van der Waals surface area contributed by atoms with Gasteiger partial charge in [-0.1, -0.05) is 41.9 Å². The Morgan fingerprint density at radius 3 is 2.54 bits per heavy atom. The molecule has 2 heterocycles. The van der Waals surface area contributed by atoms with Crippen LogP contribution in [0.5, 0.6) is 0 Å². The normalized spacial score (nSPS) is 11.0. The third-order valence-corrected chi connectivity index (χ3v) is 5.30. The highest BCUT2D eigenvalue weighted by atomic mass is 35.5. The van der Waals surface area contributed by atoms with E-state index in [2.05, 4.69) is 15.4 Å². The van der Waals surface area contributed by atoms with Gasteiger partial charge in [-0.3, -0.25) is 4.79 Å². The van der Waals surface area contributed by atoms with Crippen LogP contribution in [0.3, 0.4) is 0 Å². The van der Waals surface area contributed by atoms with Crippen molar-refractivity contribution in [3.05, 3.63) is 82.1 Å². The molecule has 1 N–H and O–H groups in total. The second kappa shape index (κ2) is 7.09. The first kappa shape index (κ1) is 18.2. The molecule has 0 unspecified atom stereocenters. The van der Waals surface area contributed by atoms with Gasteiger partial charge in [-0.15, -0.1) is 0 Å². The highest BCUT2D eigenvalue weighted by Crippen LogP contribution is 2.30. The minimum Gasteiger partial charge on any atom is -0.322 e. The second-order valence-electron chi connectivity index (χ2n) is 6.72. The Labute approximate surface area is 168 Å². The number of pyridine rings is 1. The molecule has 6 heteroatoms. The summed E-state index contributed by atoms with van der Waals surface area (Å²) in [6.45, 7) is 5.84. The lowest BCUT2D eigenvalue weighted by Crippen LogP contribution is -2.14. The summed E-state index contributed by atoms with van der Waals surface area (Å²) in [5.74, 6) is -0.292. The number of nitrogens with one attached hydrogen (secondary N) is 1. The molecule has 0 radical (unpaired) electrons. The fourth-order valence-electron chi connectivity index (χ4n) is 3.19. The number of aromatic nitrogens is 3. The van der Waals surface area contributed by atoms with E-state index in [0.29, 0.717) is 21.6 Å². The van der Waals surface area contributed by atoms with Crippen LogP contribution in [-0.2, 0) is 0 Å². The summed E-state index contributed by atoms with van der Waals surface area (Å²) in [6.07, 6.45) is 1.51. The van der Waals surface area contributed by atoms with Crippen LogP contribution in [0.15, 0.2) is 54.7 Å². The van der Waals surface area contributed by atoms with Crippen LogP contribution in [0.2, 0.25) is 5.02 Å². The number of benzene rings is 2. The molecule has 0 saturated carbocycles. The van der Waals surface area contributed by atoms with Crippen molar-refractivity contribution in [1.29, 1.82) is 0 Å². The van der Waals surface area contributed by atoms with Gasteiger partial charge in [-0.2, -0.15) is 5.10 Å². The van der Waals surface area contributed by atoms with Crippen molar-refractivity contribution < 1.29 is 4.79 Å². The maximum Gasteiger partial charge on any atom is 0.258 e. The van der Waals surface area contributed by atoms with Crippen LogP contribution in [-0.4, -0.2) is 20.7 Å². The Morgan fingerprint density at radius 1 is 1.04 bits per heavy atom. The fraction of sp³-hybridized carbons (Fsp3) is 0.136. The largest absolute Gasteiger partial charge is 0.322 e. The molecule has 1 amide bonds. The fourth-order valence-corrected chi connectivity index (χ4v) is 3.55. The Kier molecular flexibility index (Phi) is 4.61. The standard InChI is InChI=1S/C22H19ClN4O/c1-13-8-7-11-18(14(13)2)25-22(28)17-12-24-21-19(20(17)23)15(3)26-27(21)16-9-5-4-6-10-16/h4-12H,1-3H3,(H,25,28). The molecule has 0 aliphatic heterocycles. The van der Waals surface area contributed by atoms with Gasteiger partial charge >= 0.3 is 0 Å². The number of carbonyl (C=O) groups excluding carboxylic acids is 1. The summed E-state index contributed by atoms with van der Waals surface area (Å²) < 4.78 is 1.74. The number of fused-ring (bicyclic) bond motifs is 1. The van der Waals surface area contributed by atoms with Crippen LogP contribution < -0.4 is 5.32 Å². The molecule has 0 spiro atoms. The first-order valence-electron chi connectivity index (χ1n) is 8.94. The zero-order chi connectivity index (χ0) is 19.8. The molecule has 0 bridgehead atoms. The molecule has 4 aromatic rings. The van der Waals surface area contributed by atoms with Crippen molar-refractivity contribution in [2.45, 2.75) is 20.8 Å². The number of hydrogen-bond acceptors (Lipinski definition) is 3. The van der Waals surface area contributed by atoms with Gasteiger partial charge in [-0.25, -0.2) is 9.67 Å². The van der Waals surface area contributed by atoms with E-state index >= 15 is 0 Å². The van der Waals surface area contributed by atoms with Gasteiger partial charge in [-0.05, 0) is 50.1 Å². The average Bonchev–Trinajstić information content (AvgIpc) is 3.04. The number of nitrogens with zero attached hydrogens (tertiary/aromatic N) is 3. The zero-order valence-corrected chi connectivity index (χ0v) is 16.6. The lowest BCUT2D eigenvalue weighted by Gasteiger charge is -2.11. The molecule has 2 aromatic heterocycles. The zero-order valence-electron chi connectivity index (χ0n) is 15.8. The summed E-state index contributed by atoms with van der Waals surface area (Å²) in [5.41, 5.74) is 5.45. The van der Waals surface area contributed by atoms with E-state index in [1.807, 2.05) is 69.3 Å². The molecule has 0 atom stereocenters. The van der Waals surface area contributed by atoms with Gasteiger partial charge in [0.05, 0.1) is 27.4 Å². The summed E-state index contributed by atoms with van der Waals surface area (Å²) in [7, 11) is 0. The number of hydrogen-bond donors (Lipinski definition) is 1. The van der Waals surface area contributed by atoms with Gasteiger partial charge in [0.25, 0.3) is 5.91 Å². The predicted molar refractivity (Wildman–Crippen MR) is 112 cm³/mol. The number of carbonyl (C=O) groups is 1. The highest BCUT2D eigenvalue weighted by molar-refractivity contribution is 6.39. The van der Waals surface area contributed by atoms with E-state index in [1.54, 1.807) is 4.68 Å². The number of amides is 1. The van der Waals surface area contributed by atoms with E-state index in [4.69, 9.17) is 11.6 Å². The quantitative estimate of drug-likeness (QED) is 0.519. The Hall–Kier alpha value is -3.18. The van der Waals surface area contributed by atoms with Crippen molar-refractivity contribution in [2.24, 2.45) is 0 Å². The van der Waals surface area contributed by atoms with E-state index in [0.717, 1.165) is 28.2 Å². The van der Waals surface area contributed by atoms with Crippen LogP contribution >= 0.6 is 11.6 Å². The van der Waals surface area contributed by atoms with Gasteiger partial charge < -0.3 is 5.32 Å².